The minimum absolute atomic E-state index is 0.109. The van der Waals surface area contributed by atoms with Gasteiger partial charge < -0.3 is 14.7 Å². The van der Waals surface area contributed by atoms with Crippen LogP contribution in [0.4, 0.5) is 10.2 Å². The van der Waals surface area contributed by atoms with Crippen molar-refractivity contribution in [3.05, 3.63) is 22.5 Å². The zero-order chi connectivity index (χ0) is 15.6. The fraction of sp³-hybridized carbons (Fsp3) is 0.500. The van der Waals surface area contributed by atoms with Crippen molar-refractivity contribution in [1.82, 2.24) is 9.55 Å². The van der Waals surface area contributed by atoms with Crippen LogP contribution in [0.15, 0.2) is 11.0 Å². The second kappa shape index (κ2) is 6.02. The average Bonchev–Trinajstić information content (AvgIpc) is 2.89. The molecule has 1 aliphatic rings. The van der Waals surface area contributed by atoms with Crippen molar-refractivity contribution in [2.24, 2.45) is 0 Å². The molecule has 1 aromatic heterocycles. The zero-order valence-electron chi connectivity index (χ0n) is 11.0. The third kappa shape index (κ3) is 3.95. The number of hydrogen-bond acceptors (Lipinski definition) is 7. The Bertz CT molecular complexity index is 713. The van der Waals surface area contributed by atoms with Gasteiger partial charge in [-0.1, -0.05) is 0 Å². The van der Waals surface area contributed by atoms with Gasteiger partial charge in [0.1, 0.15) is 12.9 Å². The number of thioether (sulfide) groups is 1. The van der Waals surface area contributed by atoms with Gasteiger partial charge in [-0.05, 0) is 7.96 Å². The maximum atomic E-state index is 13.3. The van der Waals surface area contributed by atoms with Crippen molar-refractivity contribution in [3.63, 3.8) is 0 Å². The van der Waals surface area contributed by atoms with E-state index in [2.05, 4.69) is 4.98 Å². The van der Waals surface area contributed by atoms with Crippen molar-refractivity contribution in [1.29, 1.82) is 1.28 Å². The van der Waals surface area contributed by atoms with E-state index in [1.54, 1.807) is 0 Å². The number of rotatable bonds is 4. The Morgan fingerprint density at radius 1 is 1.90 bits per heavy atom. The third-order valence-electron chi connectivity index (χ3n) is 2.35. The SMILES string of the molecule is [3H]P=S([B])(=O)OCC1OC(n2cc(F)c(N)nc2=O)CS1. The summed E-state index contributed by atoms with van der Waals surface area (Å²) in [5.41, 5.74) is 3.93. The van der Waals surface area contributed by atoms with Crippen LogP contribution in [-0.2, 0) is 18.2 Å². The standard InChI is InChI=1S/C8H10BFN3O4PS2/c9-20(15,18)16-2-6-17-5(3-19-6)13-1-4(10)7(11)12-8(13)14/h1,5-6,18H,2-3H2,(H2,11,12,14)/i18T. The molecule has 2 N–H and O–H groups in total. The van der Waals surface area contributed by atoms with Crippen molar-refractivity contribution in [2.45, 2.75) is 11.7 Å². The first-order chi connectivity index (χ1) is 9.82. The second-order valence-electron chi connectivity index (χ2n) is 3.82. The normalized spacial score (nSPS) is 26.4. The molecule has 0 spiro atoms. The molecule has 3 unspecified atom stereocenters. The number of anilines is 1. The predicted molar refractivity (Wildman–Crippen MR) is 77.4 cm³/mol. The molecule has 7 nitrogen and oxygen atoms in total. The van der Waals surface area contributed by atoms with Gasteiger partial charge in [-0.2, -0.15) is 4.98 Å². The number of aromatic nitrogens is 2. The monoisotopic (exact) mass is 339 g/mol. The zero-order valence-corrected chi connectivity index (χ0v) is 12.5. The fourth-order valence-electron chi connectivity index (χ4n) is 1.49. The van der Waals surface area contributed by atoms with E-state index in [1.807, 2.05) is 0 Å². The van der Waals surface area contributed by atoms with Crippen molar-refractivity contribution >= 4 is 41.9 Å². The summed E-state index contributed by atoms with van der Waals surface area (Å²) < 4.78 is 43.0. The highest BCUT2D eigenvalue weighted by Crippen LogP contribution is 2.31. The number of halogens is 1. The van der Waals surface area contributed by atoms with E-state index < -0.39 is 38.2 Å². The summed E-state index contributed by atoms with van der Waals surface area (Å²) in [6.07, 6.45) is 0.189. The lowest BCUT2D eigenvalue weighted by Crippen LogP contribution is -2.30. The first-order valence-electron chi connectivity index (χ1n) is 5.71. The number of ether oxygens (including phenoxy) is 1. The van der Waals surface area contributed by atoms with E-state index in [9.17, 15) is 13.4 Å². The van der Waals surface area contributed by atoms with Gasteiger partial charge in [-0.25, -0.2) is 9.18 Å². The molecule has 0 bridgehead atoms. The van der Waals surface area contributed by atoms with E-state index in [0.29, 0.717) is 5.75 Å². The third-order valence-corrected chi connectivity index (χ3v) is 4.24. The van der Waals surface area contributed by atoms with Crippen LogP contribution >= 0.6 is 19.7 Å². The van der Waals surface area contributed by atoms with E-state index in [0.717, 1.165) is 10.8 Å². The van der Waals surface area contributed by atoms with E-state index in [-0.39, 0.29) is 14.6 Å². The molecule has 2 rings (SSSR count). The van der Waals surface area contributed by atoms with Gasteiger partial charge in [0, 0.05) is 15.0 Å². The molecule has 2 heterocycles. The van der Waals surface area contributed by atoms with Gasteiger partial charge >= 0.3 is 5.69 Å². The Kier molecular flexibility index (Phi) is 4.32. The second-order valence-corrected chi connectivity index (χ2v) is 7.80. The molecular weight excluding hydrogens is 327 g/mol. The quantitative estimate of drug-likeness (QED) is 0.605. The largest absolute Gasteiger partial charge is 0.381 e. The van der Waals surface area contributed by atoms with E-state index >= 15 is 0 Å². The highest BCUT2D eigenvalue weighted by atomic mass is 32.5. The van der Waals surface area contributed by atoms with Gasteiger partial charge in [-0.15, -0.1) is 11.8 Å². The molecule has 1 aromatic rings. The van der Waals surface area contributed by atoms with Crippen LogP contribution in [0, 0.1) is 5.82 Å². The number of nitrogens with zero attached hydrogens (tertiary/aromatic N) is 2. The van der Waals surface area contributed by atoms with E-state index in [4.69, 9.17) is 23.1 Å². The average molecular weight is 339 g/mol. The Balaban J connectivity index is 2.05. The molecule has 0 saturated carbocycles. The Morgan fingerprint density at radius 3 is 3.35 bits per heavy atom. The van der Waals surface area contributed by atoms with Crippen LogP contribution in [0.25, 0.3) is 0 Å². The number of hydrogen-bond donors (Lipinski definition) is 1. The van der Waals surface area contributed by atoms with Gasteiger partial charge in [0.25, 0.3) is 0 Å². The molecule has 1 aliphatic heterocycles. The minimum atomic E-state index is -3.17. The maximum Gasteiger partial charge on any atom is 0.351 e. The molecular formula is C8H10BFN3O4PS2. The molecule has 2 radical (unpaired) electrons. The summed E-state index contributed by atoms with van der Waals surface area (Å²) in [7, 11) is 1.72. The van der Waals surface area contributed by atoms with Crippen molar-refractivity contribution < 1.29 is 17.5 Å². The fourth-order valence-corrected chi connectivity index (χ4v) is 3.07. The van der Waals surface area contributed by atoms with Crippen LogP contribution in [0.3, 0.4) is 0 Å². The van der Waals surface area contributed by atoms with Gasteiger partial charge in [0.2, 0.25) is 7.12 Å². The van der Waals surface area contributed by atoms with Crippen LogP contribution in [0.1, 0.15) is 6.23 Å². The summed E-state index contributed by atoms with van der Waals surface area (Å²) in [4.78, 5) is 15.0. The summed E-state index contributed by atoms with van der Waals surface area (Å²) >= 11 is 1.28. The van der Waals surface area contributed by atoms with Crippen LogP contribution in [-0.4, -0.2) is 40.0 Å². The molecule has 12 heteroatoms. The highest BCUT2D eigenvalue weighted by molar-refractivity contribution is 8.32. The predicted octanol–water partition coefficient (Wildman–Crippen LogP) is -0.0900. The molecule has 3 atom stereocenters. The van der Waals surface area contributed by atoms with Gasteiger partial charge in [0.15, 0.2) is 11.6 Å². The minimum Gasteiger partial charge on any atom is -0.381 e. The summed E-state index contributed by atoms with van der Waals surface area (Å²) in [5.74, 6) is -0.941. The van der Waals surface area contributed by atoms with Crippen LogP contribution < -0.4 is 11.4 Å². The lowest BCUT2D eigenvalue weighted by Gasteiger charge is -2.15. The maximum absolute atomic E-state index is 13.3. The molecule has 1 fully saturated rings. The van der Waals surface area contributed by atoms with Gasteiger partial charge in [0.05, 0.1) is 12.8 Å². The smallest absolute Gasteiger partial charge is 0.351 e. The Hall–Kier alpha value is -0.605. The summed E-state index contributed by atoms with van der Waals surface area (Å²) in [5, 5.41) is 0. The lowest BCUT2D eigenvalue weighted by molar-refractivity contribution is -0.000396. The van der Waals surface area contributed by atoms with Gasteiger partial charge in [-0.3, -0.25) is 8.78 Å². The first-order valence-corrected chi connectivity index (χ1v) is 8.91. The number of nitrogens with two attached hydrogens (primary N) is 1. The molecule has 1 saturated heterocycles. The Labute approximate surface area is 123 Å². The Morgan fingerprint density at radius 2 is 2.65 bits per heavy atom. The first kappa shape index (κ1) is 14.3. The summed E-state index contributed by atoms with van der Waals surface area (Å²) in [6, 6.07) is 0. The molecule has 0 aromatic carbocycles. The van der Waals surface area contributed by atoms with Crippen molar-refractivity contribution in [2.75, 3.05) is 18.1 Å². The molecule has 108 valence electrons. The topological polar surface area (TPSA) is 96.4 Å². The molecule has 20 heavy (non-hydrogen) atoms. The van der Waals surface area contributed by atoms with Crippen LogP contribution in [0.5, 0.6) is 0 Å². The van der Waals surface area contributed by atoms with Crippen molar-refractivity contribution in [3.8, 4) is 0 Å². The van der Waals surface area contributed by atoms with E-state index in [1.165, 1.54) is 11.8 Å². The lowest BCUT2D eigenvalue weighted by atomic mass is 10.5. The van der Waals surface area contributed by atoms with Crippen LogP contribution in [0.2, 0.25) is 0 Å². The number of nitrogen functional groups attached to an aromatic ring is 1. The molecule has 0 aliphatic carbocycles. The highest BCUT2D eigenvalue weighted by Gasteiger charge is 2.29. The molecule has 0 amide bonds. The summed E-state index contributed by atoms with van der Waals surface area (Å²) in [6.45, 7) is -0.109.